The van der Waals surface area contributed by atoms with Gasteiger partial charge in [0.05, 0.1) is 11.2 Å². The van der Waals surface area contributed by atoms with Crippen LogP contribution in [0.3, 0.4) is 0 Å². The summed E-state index contributed by atoms with van der Waals surface area (Å²) in [5.74, 6) is 1.83. The summed E-state index contributed by atoms with van der Waals surface area (Å²) in [7, 11) is 0. The lowest BCUT2D eigenvalue weighted by Gasteiger charge is -2.62. The SMILES string of the molecule is CC[C@]1(O)CC[C@@]2(C)[C@@H](CC[C@@H]3[C@@H]2CC[C@]2(C)[C@@H]([C@H](C)CCC4(O)CCC(F)(F)CC4)CC[C@@H]32)C1. The summed E-state index contributed by atoms with van der Waals surface area (Å²) in [6.45, 7) is 9.71. The lowest BCUT2D eigenvalue weighted by molar-refractivity contribution is -0.153. The molecule has 0 amide bonds. The van der Waals surface area contributed by atoms with E-state index in [1.165, 1.54) is 44.9 Å². The maximum absolute atomic E-state index is 13.6. The first-order valence-electron chi connectivity index (χ1n) is 15.2. The first kappa shape index (κ1) is 26.4. The monoisotopic (exact) mass is 494 g/mol. The van der Waals surface area contributed by atoms with Gasteiger partial charge in [0.2, 0.25) is 5.92 Å². The van der Waals surface area contributed by atoms with Gasteiger partial charge in [-0.2, -0.15) is 0 Å². The molecule has 2 N–H and O–H groups in total. The zero-order chi connectivity index (χ0) is 25.3. The van der Waals surface area contributed by atoms with Gasteiger partial charge in [-0.1, -0.05) is 27.7 Å². The average molecular weight is 495 g/mol. The van der Waals surface area contributed by atoms with Crippen molar-refractivity contribution in [2.24, 2.45) is 46.3 Å². The molecule has 0 aromatic carbocycles. The highest BCUT2D eigenvalue weighted by Gasteiger charge is 2.61. The molecule has 0 aromatic heterocycles. The summed E-state index contributed by atoms with van der Waals surface area (Å²) in [4.78, 5) is 0. The Morgan fingerprint density at radius 1 is 0.771 bits per heavy atom. The number of halogens is 2. The Balaban J connectivity index is 1.24. The smallest absolute Gasteiger partial charge is 0.248 e. The molecule has 5 saturated carbocycles. The third-order valence-corrected chi connectivity index (χ3v) is 13.2. The van der Waals surface area contributed by atoms with Crippen molar-refractivity contribution in [3.63, 3.8) is 0 Å². The topological polar surface area (TPSA) is 40.5 Å². The third kappa shape index (κ3) is 4.53. The predicted octanol–water partition coefficient (Wildman–Crippen LogP) is 8.14. The van der Waals surface area contributed by atoms with E-state index in [4.69, 9.17) is 0 Å². The summed E-state index contributed by atoms with van der Waals surface area (Å²) in [5.41, 5.74) is -0.500. The Morgan fingerprint density at radius 2 is 1.43 bits per heavy atom. The first-order valence-corrected chi connectivity index (χ1v) is 15.2. The second kappa shape index (κ2) is 8.92. The molecular formula is C31H52F2O2. The number of alkyl halides is 2. The van der Waals surface area contributed by atoms with Crippen LogP contribution in [0.5, 0.6) is 0 Å². The van der Waals surface area contributed by atoms with Crippen LogP contribution in [0.4, 0.5) is 8.78 Å². The van der Waals surface area contributed by atoms with Crippen molar-refractivity contribution in [2.45, 2.75) is 148 Å². The van der Waals surface area contributed by atoms with Crippen LogP contribution < -0.4 is 0 Å². The van der Waals surface area contributed by atoms with Crippen LogP contribution in [0.25, 0.3) is 0 Å². The lowest BCUT2D eigenvalue weighted by Crippen LogP contribution is -2.56. The van der Waals surface area contributed by atoms with E-state index in [2.05, 4.69) is 27.7 Å². The van der Waals surface area contributed by atoms with Crippen LogP contribution in [0, 0.1) is 46.3 Å². The van der Waals surface area contributed by atoms with Crippen LogP contribution >= 0.6 is 0 Å². The summed E-state index contributed by atoms with van der Waals surface area (Å²) < 4.78 is 27.3. The molecule has 0 spiro atoms. The van der Waals surface area contributed by atoms with Gasteiger partial charge in [-0.25, -0.2) is 8.78 Å². The standard InChI is InChI=1S/C31H52F2O2/c1-5-29(34)15-14-27(3)22(20-29)6-7-23-25-9-8-24(28(25,4)12-11-26(23)27)21(2)10-13-30(35)16-18-31(32,33)19-17-30/h21-26,34-35H,5-20H2,1-4H3/t21-,22+,23+,24-,25+,26+,27+,28-,29+/m1/s1. The van der Waals surface area contributed by atoms with E-state index in [1.807, 2.05) is 0 Å². The minimum absolute atomic E-state index is 0.153. The normalized spacial score (nSPS) is 49.5. The van der Waals surface area contributed by atoms with Gasteiger partial charge in [0, 0.05) is 12.8 Å². The van der Waals surface area contributed by atoms with Crippen molar-refractivity contribution < 1.29 is 19.0 Å². The molecule has 0 radical (unpaired) electrons. The fourth-order valence-corrected chi connectivity index (χ4v) is 10.6. The molecule has 0 saturated heterocycles. The number of fused-ring (bicyclic) bond motifs is 5. The van der Waals surface area contributed by atoms with Crippen LogP contribution in [-0.4, -0.2) is 27.3 Å². The quantitative estimate of drug-likeness (QED) is 0.405. The highest BCUT2D eigenvalue weighted by molar-refractivity contribution is 5.11. The maximum atomic E-state index is 13.6. The first-order chi connectivity index (χ1) is 16.3. The van der Waals surface area contributed by atoms with Crippen LogP contribution in [0.2, 0.25) is 0 Å². The molecule has 0 aliphatic heterocycles. The summed E-state index contributed by atoms with van der Waals surface area (Å²) in [6.07, 6.45) is 13.9. The van der Waals surface area contributed by atoms with Gasteiger partial charge < -0.3 is 10.2 Å². The van der Waals surface area contributed by atoms with Crippen LogP contribution in [0.15, 0.2) is 0 Å². The molecule has 0 heterocycles. The zero-order valence-electron chi connectivity index (χ0n) is 22.9. The van der Waals surface area contributed by atoms with E-state index in [0.29, 0.717) is 35.0 Å². The van der Waals surface area contributed by atoms with E-state index < -0.39 is 17.1 Å². The van der Waals surface area contributed by atoms with Gasteiger partial charge in [-0.3, -0.25) is 0 Å². The van der Waals surface area contributed by atoms with E-state index >= 15 is 0 Å². The second-order valence-corrected chi connectivity index (χ2v) is 14.8. The number of rotatable bonds is 5. The second-order valence-electron chi connectivity index (χ2n) is 14.8. The number of hydrogen-bond acceptors (Lipinski definition) is 2. The van der Waals surface area contributed by atoms with Gasteiger partial charge in [0.25, 0.3) is 0 Å². The van der Waals surface area contributed by atoms with Gasteiger partial charge in [0.1, 0.15) is 0 Å². The minimum atomic E-state index is -2.58. The lowest BCUT2D eigenvalue weighted by atomic mass is 9.43. The molecule has 2 nitrogen and oxygen atoms in total. The molecule has 202 valence electrons. The Hall–Kier alpha value is -0.220. The molecule has 5 fully saturated rings. The molecule has 5 rings (SSSR count). The summed E-state index contributed by atoms with van der Waals surface area (Å²) >= 11 is 0. The fraction of sp³-hybridized carbons (Fsp3) is 1.00. The zero-order valence-corrected chi connectivity index (χ0v) is 22.9. The Labute approximate surface area is 213 Å². The highest BCUT2D eigenvalue weighted by atomic mass is 19.3. The average Bonchev–Trinajstić information content (AvgIpc) is 3.18. The van der Waals surface area contributed by atoms with Crippen molar-refractivity contribution in [1.82, 2.24) is 0 Å². The fourth-order valence-electron chi connectivity index (χ4n) is 10.6. The van der Waals surface area contributed by atoms with Gasteiger partial charge in [-0.15, -0.1) is 0 Å². The van der Waals surface area contributed by atoms with Crippen LogP contribution in [0.1, 0.15) is 130 Å². The van der Waals surface area contributed by atoms with Crippen molar-refractivity contribution in [3.8, 4) is 0 Å². The van der Waals surface area contributed by atoms with Gasteiger partial charge in [-0.05, 0) is 136 Å². The van der Waals surface area contributed by atoms with Crippen molar-refractivity contribution in [3.05, 3.63) is 0 Å². The Morgan fingerprint density at radius 3 is 2.11 bits per heavy atom. The molecule has 0 unspecified atom stereocenters. The number of hydrogen-bond donors (Lipinski definition) is 2. The molecule has 0 aromatic rings. The maximum Gasteiger partial charge on any atom is 0.248 e. The van der Waals surface area contributed by atoms with Gasteiger partial charge >= 0.3 is 0 Å². The molecule has 0 bridgehead atoms. The predicted molar refractivity (Wildman–Crippen MR) is 137 cm³/mol. The summed E-state index contributed by atoms with van der Waals surface area (Å²) in [6, 6.07) is 0. The van der Waals surface area contributed by atoms with E-state index in [-0.39, 0.29) is 25.7 Å². The molecule has 5 aliphatic carbocycles. The molecule has 35 heavy (non-hydrogen) atoms. The van der Waals surface area contributed by atoms with E-state index in [1.54, 1.807) is 0 Å². The largest absolute Gasteiger partial charge is 0.390 e. The van der Waals surface area contributed by atoms with E-state index in [0.717, 1.165) is 43.4 Å². The molecular weight excluding hydrogens is 442 g/mol. The Bertz CT molecular complexity index is 774. The molecule has 5 aliphatic rings. The number of aliphatic hydroxyl groups is 2. The van der Waals surface area contributed by atoms with E-state index in [9.17, 15) is 19.0 Å². The van der Waals surface area contributed by atoms with Gasteiger partial charge in [0.15, 0.2) is 0 Å². The molecule has 9 atom stereocenters. The Kier molecular flexibility index (Phi) is 6.73. The van der Waals surface area contributed by atoms with Crippen LogP contribution in [-0.2, 0) is 0 Å². The molecule has 4 heteroatoms. The van der Waals surface area contributed by atoms with Crippen molar-refractivity contribution in [1.29, 1.82) is 0 Å². The highest BCUT2D eigenvalue weighted by Crippen LogP contribution is 2.69. The van der Waals surface area contributed by atoms with Crippen molar-refractivity contribution >= 4 is 0 Å². The summed E-state index contributed by atoms with van der Waals surface area (Å²) in [5, 5.41) is 22.0. The third-order valence-electron chi connectivity index (χ3n) is 13.2. The van der Waals surface area contributed by atoms with Crippen molar-refractivity contribution in [2.75, 3.05) is 0 Å². The minimum Gasteiger partial charge on any atom is -0.390 e.